The van der Waals surface area contributed by atoms with Gasteiger partial charge in [0.25, 0.3) is 5.91 Å². The average Bonchev–Trinajstić information content (AvgIpc) is 2.87. The van der Waals surface area contributed by atoms with E-state index in [0.717, 1.165) is 12.1 Å². The molecule has 3 rings (SSSR count). The van der Waals surface area contributed by atoms with Crippen LogP contribution >= 0.6 is 24.4 Å². The van der Waals surface area contributed by atoms with Gasteiger partial charge in [0.1, 0.15) is 0 Å². The van der Waals surface area contributed by atoms with Crippen molar-refractivity contribution in [3.63, 3.8) is 0 Å². The fourth-order valence-corrected chi connectivity index (χ4v) is 2.77. The molecule has 0 saturated heterocycles. The van der Waals surface area contributed by atoms with Crippen LogP contribution in [0.15, 0.2) is 24.3 Å². The molecule has 0 amide bonds. The van der Waals surface area contributed by atoms with Crippen molar-refractivity contribution in [3.05, 3.63) is 44.9 Å². The second-order valence-electron chi connectivity index (χ2n) is 4.59. The molecule has 0 saturated carbocycles. The summed E-state index contributed by atoms with van der Waals surface area (Å²) >= 11 is 10.6. The van der Waals surface area contributed by atoms with Crippen molar-refractivity contribution >= 4 is 36.3 Å². The number of anilines is 1. The van der Waals surface area contributed by atoms with Crippen LogP contribution in [0.5, 0.6) is 0 Å². The molecule has 1 N–H and O–H groups in total. The van der Waals surface area contributed by atoms with E-state index in [-0.39, 0.29) is 10.7 Å². The number of carbonyl (C=O) groups excluding carboxylic acids is 1. The van der Waals surface area contributed by atoms with Gasteiger partial charge in [0, 0.05) is 18.7 Å². The lowest BCUT2D eigenvalue weighted by molar-refractivity contribution is 0.0952. The van der Waals surface area contributed by atoms with Crippen LogP contribution in [0.2, 0.25) is 0 Å². The highest BCUT2D eigenvalue weighted by Gasteiger charge is 2.18. The number of fused-ring (bicyclic) bond motifs is 1. The van der Waals surface area contributed by atoms with E-state index in [0.29, 0.717) is 22.8 Å². The molecule has 0 bridgehead atoms. The Balaban J connectivity index is 2.16. The minimum Gasteiger partial charge on any atom is -0.354 e. The molecule has 1 aliphatic heterocycles. The molecule has 0 atom stereocenters. The Labute approximate surface area is 125 Å². The quantitative estimate of drug-likeness (QED) is 0.821. The highest BCUT2D eigenvalue weighted by Crippen LogP contribution is 2.14. The normalized spacial score (nSPS) is 12.8. The summed E-state index contributed by atoms with van der Waals surface area (Å²) in [6, 6.07) is 7.31. The fraction of sp³-hybridized carbons (Fsp3) is 0.231. The fourth-order valence-electron chi connectivity index (χ4n) is 2.11. The van der Waals surface area contributed by atoms with Crippen molar-refractivity contribution in [2.24, 2.45) is 0 Å². The summed E-state index contributed by atoms with van der Waals surface area (Å²) in [5.41, 5.74) is 1.64. The number of nitrogens with one attached hydrogen (secondary N) is 1. The van der Waals surface area contributed by atoms with Crippen LogP contribution in [0.25, 0.3) is 0 Å². The van der Waals surface area contributed by atoms with Crippen molar-refractivity contribution in [2.45, 2.75) is 13.5 Å². The monoisotopic (exact) mass is 304 g/mol. The molecule has 102 valence electrons. The molecule has 2 aromatic rings. The smallest absolute Gasteiger partial charge is 0.266 e. The summed E-state index contributed by atoms with van der Waals surface area (Å²) in [5, 5.41) is 3.09. The van der Waals surface area contributed by atoms with Gasteiger partial charge in [-0.15, -0.1) is 0 Å². The van der Waals surface area contributed by atoms with Gasteiger partial charge in [0.15, 0.2) is 4.77 Å². The van der Waals surface area contributed by atoms with E-state index in [1.807, 2.05) is 19.1 Å². The molecule has 1 aromatic heterocycles. The van der Waals surface area contributed by atoms with Crippen LogP contribution < -0.4 is 5.32 Å². The molecule has 5 nitrogen and oxygen atoms in total. The third-order valence-electron chi connectivity index (χ3n) is 3.19. The average molecular weight is 304 g/mol. The Morgan fingerprint density at radius 3 is 2.70 bits per heavy atom. The largest absolute Gasteiger partial charge is 0.354 e. The van der Waals surface area contributed by atoms with E-state index in [1.165, 1.54) is 4.57 Å². The van der Waals surface area contributed by atoms with Gasteiger partial charge in [0.2, 0.25) is 10.7 Å². The lowest BCUT2D eigenvalue weighted by Gasteiger charge is -2.10. The number of aryl methyl sites for hydroxylation is 1. The van der Waals surface area contributed by atoms with Crippen LogP contribution in [0.4, 0.5) is 5.95 Å². The number of rotatable bonds is 1. The third kappa shape index (κ3) is 2.08. The molecule has 0 aliphatic carbocycles. The maximum atomic E-state index is 12.6. The minimum atomic E-state index is -0.241. The Hall–Kier alpha value is -1.86. The Bertz CT molecular complexity index is 805. The molecule has 2 heterocycles. The Morgan fingerprint density at radius 2 is 2.00 bits per heavy atom. The Kier molecular flexibility index (Phi) is 3.23. The van der Waals surface area contributed by atoms with Gasteiger partial charge in [-0.3, -0.25) is 9.36 Å². The molecule has 0 radical (unpaired) electrons. The topological polar surface area (TPSA) is 51.9 Å². The maximum absolute atomic E-state index is 12.6. The summed E-state index contributed by atoms with van der Waals surface area (Å²) in [4.78, 5) is 16.8. The van der Waals surface area contributed by atoms with Gasteiger partial charge in [-0.1, -0.05) is 17.7 Å². The highest BCUT2D eigenvalue weighted by atomic mass is 32.1. The number of carbonyl (C=O) groups is 1. The number of nitrogens with zero attached hydrogens (tertiary/aromatic N) is 3. The van der Waals surface area contributed by atoms with Gasteiger partial charge in [0.05, 0.1) is 0 Å². The summed E-state index contributed by atoms with van der Waals surface area (Å²) in [6.07, 6.45) is 0. The second-order valence-corrected chi connectivity index (χ2v) is 5.32. The lowest BCUT2D eigenvalue weighted by atomic mass is 10.1. The molecule has 1 aliphatic rings. The molecular formula is C13H12N4OS2. The SMILES string of the molecule is Cc1ccc(C(=O)n2c(=S)nc3n(c2=S)CCN3)cc1. The van der Waals surface area contributed by atoms with E-state index < -0.39 is 0 Å². The molecular weight excluding hydrogens is 292 g/mol. The zero-order chi connectivity index (χ0) is 14.3. The summed E-state index contributed by atoms with van der Waals surface area (Å²) < 4.78 is 3.67. The van der Waals surface area contributed by atoms with Crippen molar-refractivity contribution in [1.29, 1.82) is 0 Å². The van der Waals surface area contributed by atoms with Crippen LogP contribution in [0.1, 0.15) is 15.9 Å². The highest BCUT2D eigenvalue weighted by molar-refractivity contribution is 7.72. The molecule has 0 unspecified atom stereocenters. The third-order valence-corrected chi connectivity index (χ3v) is 3.87. The number of hydrogen-bond donors (Lipinski definition) is 1. The number of hydrogen-bond acceptors (Lipinski definition) is 5. The van der Waals surface area contributed by atoms with Gasteiger partial charge in [-0.2, -0.15) is 4.98 Å². The molecule has 7 heteroatoms. The van der Waals surface area contributed by atoms with E-state index in [4.69, 9.17) is 24.4 Å². The van der Waals surface area contributed by atoms with E-state index in [1.54, 1.807) is 16.7 Å². The molecule has 20 heavy (non-hydrogen) atoms. The predicted octanol–water partition coefficient (Wildman–Crippen LogP) is 2.57. The zero-order valence-electron chi connectivity index (χ0n) is 10.8. The van der Waals surface area contributed by atoms with E-state index in [9.17, 15) is 4.79 Å². The number of benzene rings is 1. The van der Waals surface area contributed by atoms with Crippen molar-refractivity contribution in [2.75, 3.05) is 11.9 Å². The van der Waals surface area contributed by atoms with E-state index >= 15 is 0 Å². The summed E-state index contributed by atoms with van der Waals surface area (Å²) in [6.45, 7) is 3.41. The second kappa shape index (κ2) is 4.92. The van der Waals surface area contributed by atoms with Gasteiger partial charge >= 0.3 is 0 Å². The molecule has 0 fully saturated rings. The maximum Gasteiger partial charge on any atom is 0.266 e. The lowest BCUT2D eigenvalue weighted by Crippen LogP contribution is -2.19. The van der Waals surface area contributed by atoms with Gasteiger partial charge < -0.3 is 5.32 Å². The standard InChI is InChI=1S/C13H12N4OS2/c1-8-2-4-9(5-3-8)10(18)17-12(19)15-11-14-6-7-16(11)13(17)20/h2-5H,6-7H2,1H3,(H,14,15,19). The van der Waals surface area contributed by atoms with Gasteiger partial charge in [-0.05, 0) is 43.5 Å². The zero-order valence-corrected chi connectivity index (χ0v) is 12.4. The van der Waals surface area contributed by atoms with Crippen molar-refractivity contribution in [1.82, 2.24) is 14.1 Å². The van der Waals surface area contributed by atoms with Crippen molar-refractivity contribution in [3.8, 4) is 0 Å². The van der Waals surface area contributed by atoms with Crippen LogP contribution in [0, 0.1) is 16.5 Å². The van der Waals surface area contributed by atoms with Gasteiger partial charge in [-0.25, -0.2) is 4.57 Å². The first-order valence-corrected chi connectivity index (χ1v) is 6.99. The van der Waals surface area contributed by atoms with E-state index in [2.05, 4.69) is 10.3 Å². The van der Waals surface area contributed by atoms with Crippen LogP contribution in [-0.2, 0) is 6.54 Å². The summed E-state index contributed by atoms with van der Waals surface area (Å²) in [5.74, 6) is 0.391. The first-order chi connectivity index (χ1) is 9.58. The van der Waals surface area contributed by atoms with Crippen molar-refractivity contribution < 1.29 is 4.79 Å². The Morgan fingerprint density at radius 1 is 1.30 bits per heavy atom. The molecule has 1 aromatic carbocycles. The van der Waals surface area contributed by atoms with Crippen LogP contribution in [-0.4, -0.2) is 26.6 Å². The van der Waals surface area contributed by atoms with Crippen LogP contribution in [0.3, 0.4) is 0 Å². The molecule has 0 spiro atoms. The predicted molar refractivity (Wildman–Crippen MR) is 81.3 cm³/mol. The minimum absolute atomic E-state index is 0.182. The first-order valence-electron chi connectivity index (χ1n) is 6.17. The number of aromatic nitrogens is 3. The summed E-state index contributed by atoms with van der Waals surface area (Å²) in [7, 11) is 0. The first kappa shape index (κ1) is 13.1.